The van der Waals surface area contributed by atoms with Crippen LogP contribution in [-0.2, 0) is 25.8 Å². The van der Waals surface area contributed by atoms with Crippen LogP contribution in [0.15, 0.2) is 23.4 Å². The number of ketones is 1. The van der Waals surface area contributed by atoms with Crippen LogP contribution < -0.4 is 0 Å². The molecule has 0 fully saturated rings. The molecule has 2 heterocycles. The van der Waals surface area contributed by atoms with E-state index >= 15 is 0 Å². The zero-order valence-corrected chi connectivity index (χ0v) is 14.9. The zero-order valence-electron chi connectivity index (χ0n) is 14.1. The van der Waals surface area contributed by atoms with E-state index < -0.39 is 0 Å². The maximum Gasteiger partial charge on any atom is 0.191 e. The summed E-state index contributed by atoms with van der Waals surface area (Å²) in [5.74, 6) is 1.27. The molecule has 1 aromatic heterocycles. The van der Waals surface area contributed by atoms with Gasteiger partial charge in [0.2, 0.25) is 0 Å². The molecule has 0 saturated carbocycles. The molecule has 1 atom stereocenters. The van der Waals surface area contributed by atoms with Crippen molar-refractivity contribution in [3.8, 4) is 0 Å². The largest absolute Gasteiger partial charge is 0.306 e. The molecule has 0 radical (unpaired) electrons. The Kier molecular flexibility index (Phi) is 4.44. The highest BCUT2D eigenvalue weighted by molar-refractivity contribution is 8.00. The normalized spacial score (nSPS) is 17.9. The molecule has 24 heavy (non-hydrogen) atoms. The Morgan fingerprint density at radius 2 is 1.96 bits per heavy atom. The molecule has 2 aliphatic rings. The first-order valence-corrected chi connectivity index (χ1v) is 9.85. The van der Waals surface area contributed by atoms with E-state index in [0.29, 0.717) is 0 Å². The van der Waals surface area contributed by atoms with E-state index in [2.05, 4.69) is 26.9 Å². The third-order valence-electron chi connectivity index (χ3n) is 5.11. The van der Waals surface area contributed by atoms with Gasteiger partial charge in [-0.25, -0.2) is 0 Å². The van der Waals surface area contributed by atoms with Gasteiger partial charge in [-0.05, 0) is 56.2 Å². The first kappa shape index (κ1) is 15.9. The van der Waals surface area contributed by atoms with Crippen LogP contribution in [0.25, 0.3) is 0 Å². The fourth-order valence-electron chi connectivity index (χ4n) is 3.72. The number of carbonyl (C=O) groups excluding carboxylic acids is 1. The number of aromatic nitrogens is 3. The number of fused-ring (bicyclic) bond motifs is 2. The predicted molar refractivity (Wildman–Crippen MR) is 95.7 cm³/mol. The molecule has 1 aliphatic carbocycles. The summed E-state index contributed by atoms with van der Waals surface area (Å²) in [6, 6.07) is 6.23. The van der Waals surface area contributed by atoms with Crippen molar-refractivity contribution in [2.75, 3.05) is 0 Å². The molecule has 0 bridgehead atoms. The summed E-state index contributed by atoms with van der Waals surface area (Å²) >= 11 is 1.55. The van der Waals surface area contributed by atoms with Crippen LogP contribution in [0.1, 0.15) is 59.9 Å². The third kappa shape index (κ3) is 3.02. The van der Waals surface area contributed by atoms with Gasteiger partial charge in [-0.15, -0.1) is 10.2 Å². The van der Waals surface area contributed by atoms with E-state index in [4.69, 9.17) is 0 Å². The van der Waals surface area contributed by atoms with Crippen LogP contribution in [0.2, 0.25) is 0 Å². The van der Waals surface area contributed by atoms with Crippen LogP contribution in [0.5, 0.6) is 0 Å². The van der Waals surface area contributed by atoms with Crippen LogP contribution in [0, 0.1) is 0 Å². The second-order valence-electron chi connectivity index (χ2n) is 6.82. The monoisotopic (exact) mass is 341 g/mol. The summed E-state index contributed by atoms with van der Waals surface area (Å²) in [6.07, 6.45) is 8.08. The number of rotatable bonds is 4. The topological polar surface area (TPSA) is 47.8 Å². The average molecular weight is 341 g/mol. The number of Topliss-reactive ketones (excluding diaryl/α,β-unsaturated/α-hetero) is 1. The van der Waals surface area contributed by atoms with Crippen molar-refractivity contribution >= 4 is 17.5 Å². The van der Waals surface area contributed by atoms with Gasteiger partial charge in [0.05, 0.1) is 5.25 Å². The van der Waals surface area contributed by atoms with E-state index in [1.807, 2.05) is 13.0 Å². The summed E-state index contributed by atoms with van der Waals surface area (Å²) in [5, 5.41) is 9.43. The lowest BCUT2D eigenvalue weighted by molar-refractivity contribution is 0.0993. The van der Waals surface area contributed by atoms with Crippen LogP contribution in [0.3, 0.4) is 0 Å². The minimum Gasteiger partial charge on any atom is -0.306 e. The van der Waals surface area contributed by atoms with Gasteiger partial charge in [0.15, 0.2) is 10.9 Å². The Bertz CT molecular complexity index is 768. The van der Waals surface area contributed by atoms with Gasteiger partial charge < -0.3 is 4.57 Å². The fourth-order valence-corrected chi connectivity index (χ4v) is 4.69. The quantitative estimate of drug-likeness (QED) is 0.626. The molecule has 126 valence electrons. The summed E-state index contributed by atoms with van der Waals surface area (Å²) in [4.78, 5) is 12.8. The van der Waals surface area contributed by atoms with Gasteiger partial charge in [-0.1, -0.05) is 30.3 Å². The molecule has 4 rings (SSSR count). The van der Waals surface area contributed by atoms with Crippen LogP contribution in [-0.4, -0.2) is 25.8 Å². The number of nitrogens with zero attached hydrogens (tertiary/aromatic N) is 3. The SMILES string of the molecule is C[C@H](Sc1nnc2n1CCCCC2)C(=O)c1ccc2c(c1)CCC2. The molecular weight excluding hydrogens is 318 g/mol. The Labute approximate surface area is 147 Å². The van der Waals surface area contributed by atoms with Gasteiger partial charge in [0, 0.05) is 18.5 Å². The predicted octanol–water partition coefficient (Wildman–Crippen LogP) is 3.86. The smallest absolute Gasteiger partial charge is 0.191 e. The van der Waals surface area contributed by atoms with E-state index in [-0.39, 0.29) is 11.0 Å². The minimum absolute atomic E-state index is 0.138. The van der Waals surface area contributed by atoms with Crippen LogP contribution >= 0.6 is 11.8 Å². The van der Waals surface area contributed by atoms with Crippen molar-refractivity contribution in [2.45, 2.75) is 68.8 Å². The van der Waals surface area contributed by atoms with Gasteiger partial charge in [0.25, 0.3) is 0 Å². The average Bonchev–Trinajstić information content (AvgIpc) is 3.14. The molecular formula is C19H23N3OS. The van der Waals surface area contributed by atoms with E-state index in [9.17, 15) is 4.79 Å². The maximum absolute atomic E-state index is 12.8. The summed E-state index contributed by atoms with van der Waals surface area (Å²) in [7, 11) is 0. The molecule has 1 aliphatic heterocycles. The number of hydrogen-bond acceptors (Lipinski definition) is 4. The van der Waals surface area contributed by atoms with Crippen molar-refractivity contribution in [3.63, 3.8) is 0 Å². The fraction of sp³-hybridized carbons (Fsp3) is 0.526. The maximum atomic E-state index is 12.8. The minimum atomic E-state index is -0.138. The number of benzene rings is 1. The number of aryl methyl sites for hydroxylation is 3. The summed E-state index contributed by atoms with van der Waals surface area (Å²) in [5.41, 5.74) is 3.61. The van der Waals surface area contributed by atoms with E-state index in [1.165, 1.54) is 36.8 Å². The Morgan fingerprint density at radius 1 is 1.08 bits per heavy atom. The van der Waals surface area contributed by atoms with Crippen molar-refractivity contribution in [3.05, 3.63) is 40.7 Å². The molecule has 0 N–H and O–H groups in total. The van der Waals surface area contributed by atoms with Gasteiger partial charge in [-0.3, -0.25) is 4.79 Å². The lowest BCUT2D eigenvalue weighted by atomic mass is 10.0. The van der Waals surface area contributed by atoms with E-state index in [1.54, 1.807) is 11.8 Å². The van der Waals surface area contributed by atoms with Gasteiger partial charge in [-0.2, -0.15) is 0 Å². The summed E-state index contributed by atoms with van der Waals surface area (Å²) in [6.45, 7) is 2.96. The first-order chi connectivity index (χ1) is 11.7. The lowest BCUT2D eigenvalue weighted by Gasteiger charge is -2.12. The Balaban J connectivity index is 1.51. The highest BCUT2D eigenvalue weighted by atomic mass is 32.2. The molecule has 4 nitrogen and oxygen atoms in total. The first-order valence-electron chi connectivity index (χ1n) is 8.97. The second-order valence-corrected chi connectivity index (χ2v) is 8.13. The zero-order chi connectivity index (χ0) is 16.5. The standard InChI is InChI=1S/C19H23N3OS/c1-13(18(23)16-10-9-14-6-5-7-15(14)12-16)24-19-21-20-17-8-3-2-4-11-22(17)19/h9-10,12-13H,2-8,11H2,1H3/t13-/m0/s1. The van der Waals surface area contributed by atoms with Gasteiger partial charge in [0.1, 0.15) is 5.82 Å². The molecule has 0 unspecified atom stereocenters. The highest BCUT2D eigenvalue weighted by Crippen LogP contribution is 2.29. The van der Waals surface area contributed by atoms with Crippen molar-refractivity contribution < 1.29 is 4.79 Å². The Hall–Kier alpha value is -1.62. The molecule has 0 amide bonds. The molecule has 2 aromatic rings. The number of carbonyl (C=O) groups is 1. The van der Waals surface area contributed by atoms with Crippen LogP contribution in [0.4, 0.5) is 0 Å². The Morgan fingerprint density at radius 3 is 2.88 bits per heavy atom. The summed E-state index contributed by atoms with van der Waals surface area (Å²) < 4.78 is 2.21. The second kappa shape index (κ2) is 6.71. The molecule has 5 heteroatoms. The third-order valence-corrected chi connectivity index (χ3v) is 6.19. The van der Waals surface area contributed by atoms with Gasteiger partial charge >= 0.3 is 0 Å². The van der Waals surface area contributed by atoms with Crippen molar-refractivity contribution in [1.29, 1.82) is 0 Å². The molecule has 0 spiro atoms. The highest BCUT2D eigenvalue weighted by Gasteiger charge is 2.23. The number of hydrogen-bond donors (Lipinski definition) is 0. The molecule has 0 saturated heterocycles. The van der Waals surface area contributed by atoms with Crippen molar-refractivity contribution in [2.24, 2.45) is 0 Å². The molecule has 1 aromatic carbocycles. The van der Waals surface area contributed by atoms with Crippen molar-refractivity contribution in [1.82, 2.24) is 14.8 Å². The van der Waals surface area contributed by atoms with E-state index in [0.717, 1.165) is 42.4 Å². The lowest BCUT2D eigenvalue weighted by Crippen LogP contribution is -2.15. The number of thioether (sulfide) groups is 1.